The van der Waals surface area contributed by atoms with Crippen molar-refractivity contribution in [2.45, 2.75) is 172 Å². The summed E-state index contributed by atoms with van der Waals surface area (Å²) in [5, 5.41) is 3.18. The highest BCUT2D eigenvalue weighted by molar-refractivity contribution is 6.61. The van der Waals surface area contributed by atoms with Crippen molar-refractivity contribution in [1.82, 2.24) is 20.0 Å². The first kappa shape index (κ1) is 71.5. The number of amides is 3. The maximum atomic E-state index is 13.5. The van der Waals surface area contributed by atoms with Gasteiger partial charge in [0.25, 0.3) is 0 Å². The van der Waals surface area contributed by atoms with E-state index >= 15 is 0 Å². The van der Waals surface area contributed by atoms with Crippen LogP contribution in [0.25, 0.3) is 0 Å². The molecule has 0 unspecified atom stereocenters. The molecule has 1 N–H and O–H groups in total. The summed E-state index contributed by atoms with van der Waals surface area (Å²) in [4.78, 5) is 53.7. The molecule has 0 bridgehead atoms. The summed E-state index contributed by atoms with van der Waals surface area (Å²) in [5.41, 5.74) is -4.85. The maximum absolute atomic E-state index is 13.5. The number of hydrogen-bond donors (Lipinski definition) is 1. The molecule has 7 rings (SSSR count). The zero-order valence-electron chi connectivity index (χ0n) is 49.4. The second kappa shape index (κ2) is 31.3. The van der Waals surface area contributed by atoms with Gasteiger partial charge in [-0.2, -0.15) is 52.7 Å². The number of methoxy groups -OCH3 is 2. The summed E-state index contributed by atoms with van der Waals surface area (Å²) >= 11 is 4.60. The van der Waals surface area contributed by atoms with Crippen LogP contribution >= 0.6 is 11.6 Å². The molecule has 88 heavy (non-hydrogen) atoms. The predicted molar refractivity (Wildman–Crippen MR) is 305 cm³/mol. The van der Waals surface area contributed by atoms with E-state index in [1.165, 1.54) is 7.11 Å². The first-order valence-electron chi connectivity index (χ1n) is 28.1. The Labute approximate surface area is 508 Å². The van der Waals surface area contributed by atoms with E-state index in [0.29, 0.717) is 50.7 Å². The number of nitrogens with one attached hydrogen (secondary N) is 1. The topological polar surface area (TPSA) is 127 Å². The smallest absolute Gasteiger partial charge is 0.416 e. The minimum absolute atomic E-state index is 0.0499. The van der Waals surface area contributed by atoms with Gasteiger partial charge in [-0.3, -0.25) is 0 Å². The van der Waals surface area contributed by atoms with Crippen LogP contribution in [0.3, 0.4) is 0 Å². The lowest BCUT2D eigenvalue weighted by atomic mass is 9.86. The minimum atomic E-state index is -5.03. The van der Waals surface area contributed by atoms with Crippen molar-refractivity contribution in [3.8, 4) is 0 Å². The first-order chi connectivity index (χ1) is 41.1. The average Bonchev–Trinajstić information content (AvgIpc) is 0.945. The minimum Gasteiger partial charge on any atom is -0.457 e. The SMILES string of the molecule is CC[C@@H]1C[C@H](N(Cc2cc(C(F)(F)F)cc(C(F)(F)F)c2)C(=O)OC)C[C@H](Cc2ccccc2)N1C(=O)OC(C)(C)C.CC[C@@H]1C[C@H](NCc2cc(C(F)(F)F)cc(C(F)(F)F)c2)C[C@H](Cc2ccccc2)N1C(=O)OCc1ccccc1.COC(=O)Cl. The molecule has 2 heterocycles. The highest BCUT2D eigenvalue weighted by Crippen LogP contribution is 2.40. The third-order valence-electron chi connectivity index (χ3n) is 14.6. The number of carbonyl (C=O) groups excluding carboxylic acids is 4. The van der Waals surface area contributed by atoms with E-state index in [2.05, 4.69) is 21.7 Å². The number of alkyl halides is 12. The number of benzene rings is 5. The van der Waals surface area contributed by atoms with Crippen LogP contribution in [0.1, 0.15) is 123 Å². The Kier molecular flexibility index (Phi) is 25.4. The van der Waals surface area contributed by atoms with Crippen molar-refractivity contribution in [2.24, 2.45) is 0 Å². The van der Waals surface area contributed by atoms with Crippen LogP contribution in [0.15, 0.2) is 127 Å². The molecule has 0 aromatic heterocycles. The number of rotatable bonds is 14. The summed E-state index contributed by atoms with van der Waals surface area (Å²) in [6.07, 6.45) is -18.4. The number of likely N-dealkylation sites (tertiary alicyclic amines) is 2. The van der Waals surface area contributed by atoms with Crippen molar-refractivity contribution < 1.29 is 90.8 Å². The Morgan fingerprint density at radius 2 is 0.898 bits per heavy atom. The fourth-order valence-corrected chi connectivity index (χ4v) is 10.7. The van der Waals surface area contributed by atoms with Crippen LogP contribution < -0.4 is 5.32 Å². The molecule has 3 amide bonds. The van der Waals surface area contributed by atoms with Crippen LogP contribution in [0.5, 0.6) is 0 Å². The van der Waals surface area contributed by atoms with Crippen molar-refractivity contribution >= 4 is 35.3 Å². The summed E-state index contributed by atoms with van der Waals surface area (Å²) in [7, 11) is 2.31. The third kappa shape index (κ3) is 21.8. The zero-order chi connectivity index (χ0) is 65.4. The number of nitrogens with zero attached hydrogens (tertiary/aromatic N) is 3. The Balaban J connectivity index is 0.000000298. The second-order valence-electron chi connectivity index (χ2n) is 22.2. The highest BCUT2D eigenvalue weighted by Gasteiger charge is 2.45. The lowest BCUT2D eigenvalue weighted by Gasteiger charge is -2.47. The fraction of sp³-hybridized carbons (Fsp3) is 0.460. The zero-order valence-corrected chi connectivity index (χ0v) is 50.1. The molecule has 0 saturated carbocycles. The van der Waals surface area contributed by atoms with E-state index in [1.807, 2.05) is 105 Å². The molecule has 2 saturated heterocycles. The Morgan fingerprint density at radius 1 is 0.523 bits per heavy atom. The van der Waals surface area contributed by atoms with Crippen LogP contribution in [-0.4, -0.2) is 94.5 Å². The molecule has 2 fully saturated rings. The first-order valence-corrected chi connectivity index (χ1v) is 28.5. The van der Waals surface area contributed by atoms with Gasteiger partial charge in [0.15, 0.2) is 0 Å². The van der Waals surface area contributed by atoms with Gasteiger partial charge in [-0.25, -0.2) is 19.2 Å². The van der Waals surface area contributed by atoms with Gasteiger partial charge in [-0.05, 0) is 136 Å². The van der Waals surface area contributed by atoms with Crippen LogP contribution in [-0.2, 0) is 76.2 Å². The van der Waals surface area contributed by atoms with E-state index in [9.17, 15) is 71.9 Å². The van der Waals surface area contributed by atoms with E-state index in [4.69, 9.17) is 14.2 Å². The van der Waals surface area contributed by atoms with Gasteiger partial charge in [-0.1, -0.05) is 105 Å². The van der Waals surface area contributed by atoms with Crippen molar-refractivity contribution in [3.05, 3.63) is 177 Å². The van der Waals surface area contributed by atoms with E-state index < -0.39 is 101 Å². The predicted octanol–water partition coefficient (Wildman–Crippen LogP) is 17.1. The van der Waals surface area contributed by atoms with Gasteiger partial charge in [0.05, 0.1) is 36.5 Å². The standard InChI is InChI=1S/C31H32F6N2O2.C30H36F6N2O4.C2H3ClO2/c1-2-27-17-26(38-19-23-13-24(30(32,33)34)16-25(14-23)31(35,36)37)18-28(15-21-9-5-3-6-10-21)39(27)29(40)41-20-22-11-7-4-8-12-22;1-6-23-16-24(17-25(14-19-10-8-7-9-11-19)38(23)27(40)42-28(2,3)4)37(26(39)41-5)18-20-12-21(29(31,32)33)15-22(13-20)30(34,35)36;1-5-2(3)4/h3-14,16,26-28,38H,2,15,17-20H2,1H3;7-13,15,23-25H,6,14,16-18H2,1-5H3;1H3/t26-,27+,28-;23-,24+,25+;/m01./s1. The van der Waals surface area contributed by atoms with Gasteiger partial charge in [0.2, 0.25) is 0 Å². The molecular weight excluding hydrogens is 1200 g/mol. The summed E-state index contributed by atoms with van der Waals surface area (Å²) in [5.74, 6) is 0. The molecule has 12 nitrogen and oxygen atoms in total. The van der Waals surface area contributed by atoms with Crippen molar-refractivity contribution in [3.63, 3.8) is 0 Å². The highest BCUT2D eigenvalue weighted by atomic mass is 35.5. The van der Waals surface area contributed by atoms with Crippen molar-refractivity contribution in [1.29, 1.82) is 0 Å². The quantitative estimate of drug-likeness (QED) is 0.0657. The van der Waals surface area contributed by atoms with E-state index in [-0.39, 0.29) is 67.4 Å². The normalized spacial score (nSPS) is 19.0. The number of piperidine rings is 2. The molecule has 0 radical (unpaired) electrons. The van der Waals surface area contributed by atoms with Gasteiger partial charge < -0.3 is 39.0 Å². The van der Waals surface area contributed by atoms with Gasteiger partial charge in [-0.15, -0.1) is 0 Å². The molecule has 0 spiro atoms. The van der Waals surface area contributed by atoms with Crippen LogP contribution in [0.4, 0.5) is 71.9 Å². The lowest BCUT2D eigenvalue weighted by Crippen LogP contribution is -2.58. The fourth-order valence-electron chi connectivity index (χ4n) is 10.7. The second-order valence-corrected chi connectivity index (χ2v) is 22.5. The molecular formula is C63H71ClF12N4O8. The summed E-state index contributed by atoms with van der Waals surface area (Å²) in [6, 6.07) is 28.8. The number of carbonyl (C=O) groups is 4. The average molecular weight is 1280 g/mol. The van der Waals surface area contributed by atoms with Gasteiger partial charge in [0, 0.05) is 60.9 Å². The molecule has 2 aliphatic rings. The van der Waals surface area contributed by atoms with Gasteiger partial charge >= 0.3 is 48.4 Å². The number of halogens is 13. The van der Waals surface area contributed by atoms with E-state index in [1.54, 1.807) is 30.6 Å². The molecule has 5 aromatic rings. The molecule has 25 heteroatoms. The Morgan fingerprint density at radius 3 is 1.30 bits per heavy atom. The molecule has 0 aliphatic carbocycles. The lowest BCUT2D eigenvalue weighted by molar-refractivity contribution is -0.144. The molecule has 5 aromatic carbocycles. The van der Waals surface area contributed by atoms with Gasteiger partial charge in [0.1, 0.15) is 12.2 Å². The molecule has 482 valence electrons. The molecule has 2 aliphatic heterocycles. The van der Waals surface area contributed by atoms with Crippen LogP contribution in [0, 0.1) is 0 Å². The summed E-state index contributed by atoms with van der Waals surface area (Å²) in [6.45, 7) is 8.41. The van der Waals surface area contributed by atoms with Crippen molar-refractivity contribution in [2.75, 3.05) is 14.2 Å². The van der Waals surface area contributed by atoms with Crippen LogP contribution in [0.2, 0.25) is 0 Å². The Bertz CT molecular complexity index is 2970. The Hall–Kier alpha value is -7.21. The monoisotopic (exact) mass is 1270 g/mol. The molecule has 6 atom stereocenters. The maximum Gasteiger partial charge on any atom is 0.416 e. The van der Waals surface area contributed by atoms with E-state index in [0.717, 1.165) is 40.8 Å². The number of ether oxygens (including phenoxy) is 4. The summed E-state index contributed by atoms with van der Waals surface area (Å²) < 4.78 is 181. The third-order valence-corrected chi connectivity index (χ3v) is 14.8. The largest absolute Gasteiger partial charge is 0.457 e. The number of hydrogen-bond acceptors (Lipinski definition) is 9.